The van der Waals surface area contributed by atoms with Crippen LogP contribution in [0.2, 0.25) is 36.3 Å². The first-order valence-corrected chi connectivity index (χ1v) is 19.5. The van der Waals surface area contributed by atoms with Crippen molar-refractivity contribution >= 4 is 28.4 Å². The van der Waals surface area contributed by atoms with Gasteiger partial charge in [0.1, 0.15) is 11.0 Å². The second kappa shape index (κ2) is 10.5. The molecule has 194 valence electrons. The number of hydrogen-bond acceptors (Lipinski definition) is 4. The predicted molar refractivity (Wildman–Crippen MR) is 155 cm³/mol. The van der Waals surface area contributed by atoms with Gasteiger partial charge in [-0.1, -0.05) is 102 Å². The maximum atomic E-state index is 7.19. The summed E-state index contributed by atoms with van der Waals surface area (Å²) in [5.74, 6) is 0. The average Bonchev–Trinajstić information content (AvgIpc) is 3.09. The van der Waals surface area contributed by atoms with E-state index < -0.39 is 22.2 Å². The molecule has 1 aliphatic heterocycles. The van der Waals surface area contributed by atoms with E-state index in [0.717, 1.165) is 12.0 Å². The number of hydrogen-bond donors (Lipinski definition) is 0. The van der Waals surface area contributed by atoms with Crippen LogP contribution < -0.4 is 0 Å². The van der Waals surface area contributed by atoms with Gasteiger partial charge >= 0.3 is 0 Å². The lowest BCUT2D eigenvalue weighted by Crippen LogP contribution is -2.53. The third kappa shape index (κ3) is 6.52. The van der Waals surface area contributed by atoms with Gasteiger partial charge in [-0.2, -0.15) is 0 Å². The van der Waals surface area contributed by atoms with Gasteiger partial charge in [-0.25, -0.2) is 0 Å². The van der Waals surface area contributed by atoms with Crippen LogP contribution >= 0.6 is 11.8 Å². The predicted octanol–water partition coefficient (Wildman–Crippen LogP) is 8.83. The van der Waals surface area contributed by atoms with E-state index in [1.54, 1.807) is 11.8 Å². The Kier molecular flexibility index (Phi) is 8.57. The fourth-order valence-corrected chi connectivity index (χ4v) is 7.28. The van der Waals surface area contributed by atoms with Crippen LogP contribution in [-0.4, -0.2) is 34.8 Å². The van der Waals surface area contributed by atoms with Crippen molar-refractivity contribution in [1.82, 2.24) is 0 Å². The van der Waals surface area contributed by atoms with Crippen molar-refractivity contribution < 1.29 is 13.6 Å². The molecule has 0 bridgehead atoms. The molecular formula is C29H46O3SSi2. The summed E-state index contributed by atoms with van der Waals surface area (Å²) < 4.78 is 21.2. The lowest BCUT2D eigenvalue weighted by atomic mass is 9.89. The van der Waals surface area contributed by atoms with Crippen LogP contribution in [0.25, 0.3) is 0 Å². The minimum Gasteiger partial charge on any atom is -0.413 e. The maximum absolute atomic E-state index is 7.19. The zero-order valence-electron chi connectivity index (χ0n) is 23.5. The van der Waals surface area contributed by atoms with Gasteiger partial charge < -0.3 is 13.6 Å². The fraction of sp³-hybridized carbons (Fsp3) is 0.586. The van der Waals surface area contributed by atoms with Crippen LogP contribution in [0, 0.1) is 0 Å². The summed E-state index contributed by atoms with van der Waals surface area (Å²) in [5.41, 5.74) is 0.507. The van der Waals surface area contributed by atoms with Gasteiger partial charge in [0.15, 0.2) is 16.6 Å². The molecule has 1 saturated heterocycles. The van der Waals surface area contributed by atoms with Gasteiger partial charge in [0, 0.05) is 11.3 Å². The Bertz CT molecular complexity index is 951. The SMILES string of the molecule is CC(C)(C)[Si](C)(C)OC[C@@]1(c2ccccc2)OC(Sc2ccccc2)C[C@H]1O[Si](C)(C)C(C)(C)C. The van der Waals surface area contributed by atoms with Crippen molar-refractivity contribution in [2.45, 2.75) is 106 Å². The van der Waals surface area contributed by atoms with Crippen LogP contribution in [0.3, 0.4) is 0 Å². The van der Waals surface area contributed by atoms with Gasteiger partial charge in [0.05, 0.1) is 12.7 Å². The first-order valence-electron chi connectivity index (χ1n) is 12.8. The summed E-state index contributed by atoms with van der Waals surface area (Å²) in [6.45, 7) is 23.6. The van der Waals surface area contributed by atoms with Crippen molar-refractivity contribution in [2.75, 3.05) is 6.61 Å². The first kappa shape index (κ1) is 28.7. The Hall–Kier alpha value is -0.896. The van der Waals surface area contributed by atoms with Crippen molar-refractivity contribution in [3.05, 3.63) is 66.2 Å². The van der Waals surface area contributed by atoms with E-state index in [2.05, 4.69) is 128 Å². The van der Waals surface area contributed by atoms with Crippen molar-refractivity contribution in [3.63, 3.8) is 0 Å². The molecule has 0 aliphatic carbocycles. The second-order valence-corrected chi connectivity index (χ2v) is 23.7. The summed E-state index contributed by atoms with van der Waals surface area (Å²) in [7, 11) is -4.06. The highest BCUT2D eigenvalue weighted by Crippen LogP contribution is 2.50. The van der Waals surface area contributed by atoms with Crippen molar-refractivity contribution in [3.8, 4) is 0 Å². The quantitative estimate of drug-likeness (QED) is 0.319. The smallest absolute Gasteiger partial charge is 0.192 e. The van der Waals surface area contributed by atoms with E-state index in [9.17, 15) is 0 Å². The molecule has 6 heteroatoms. The summed E-state index contributed by atoms with van der Waals surface area (Å²) in [6.07, 6.45) is 0.763. The van der Waals surface area contributed by atoms with E-state index in [0.29, 0.717) is 6.61 Å². The summed E-state index contributed by atoms with van der Waals surface area (Å²) in [5, 5.41) is 0.234. The standard InChI is InChI=1S/C29H46O3SSi2/c1-27(2,3)34(7,8)30-22-29(23-17-13-11-14-18-23)25(32-35(9,10)28(4,5)6)21-26(31-29)33-24-19-15-12-16-20-24/h11-20,25-26H,21-22H2,1-10H3/t25-,26?,29+/m1/s1. The number of ether oxygens (including phenoxy) is 1. The van der Waals surface area contributed by atoms with Crippen molar-refractivity contribution in [1.29, 1.82) is 0 Å². The Morgan fingerprint density at radius 3 is 1.86 bits per heavy atom. The third-order valence-corrected chi connectivity index (χ3v) is 18.3. The second-order valence-electron chi connectivity index (χ2n) is 12.9. The minimum absolute atomic E-state index is 0.00427. The molecule has 0 radical (unpaired) electrons. The molecule has 0 saturated carbocycles. The van der Waals surface area contributed by atoms with Crippen LogP contribution in [0.4, 0.5) is 0 Å². The van der Waals surface area contributed by atoms with Gasteiger partial charge in [-0.3, -0.25) is 0 Å². The molecule has 0 N–H and O–H groups in total. The molecule has 0 spiro atoms. The lowest BCUT2D eigenvalue weighted by Gasteiger charge is -2.45. The van der Waals surface area contributed by atoms with Gasteiger partial charge in [0.25, 0.3) is 0 Å². The molecular weight excluding hydrogens is 485 g/mol. The molecule has 2 aromatic rings. The van der Waals surface area contributed by atoms with E-state index in [4.69, 9.17) is 13.6 Å². The van der Waals surface area contributed by atoms with E-state index in [1.165, 1.54) is 4.90 Å². The molecule has 0 amide bonds. The Labute approximate surface area is 220 Å². The van der Waals surface area contributed by atoms with Crippen LogP contribution in [0.15, 0.2) is 65.6 Å². The molecule has 35 heavy (non-hydrogen) atoms. The van der Waals surface area contributed by atoms with Gasteiger partial charge in [-0.15, -0.1) is 0 Å². The molecule has 3 atom stereocenters. The molecule has 1 heterocycles. The molecule has 0 aromatic heterocycles. The highest BCUT2D eigenvalue weighted by atomic mass is 32.2. The largest absolute Gasteiger partial charge is 0.413 e. The molecule has 1 fully saturated rings. The van der Waals surface area contributed by atoms with Gasteiger partial charge in [-0.05, 0) is 54.0 Å². The van der Waals surface area contributed by atoms with E-state index >= 15 is 0 Å². The normalized spacial score (nSPS) is 24.1. The summed E-state index contributed by atoms with van der Waals surface area (Å²) >= 11 is 1.79. The number of benzene rings is 2. The third-order valence-electron chi connectivity index (χ3n) is 8.24. The van der Waals surface area contributed by atoms with Crippen LogP contribution in [0.1, 0.15) is 53.5 Å². The molecule has 1 unspecified atom stereocenters. The highest BCUT2D eigenvalue weighted by molar-refractivity contribution is 7.99. The Morgan fingerprint density at radius 1 is 0.829 bits per heavy atom. The lowest BCUT2D eigenvalue weighted by molar-refractivity contribution is -0.0944. The average molecular weight is 531 g/mol. The van der Waals surface area contributed by atoms with Crippen LogP contribution in [-0.2, 0) is 19.2 Å². The fourth-order valence-electron chi connectivity index (χ4n) is 3.81. The summed E-state index contributed by atoms with van der Waals surface area (Å²) in [6, 6.07) is 21.2. The Morgan fingerprint density at radius 2 is 1.34 bits per heavy atom. The van der Waals surface area contributed by atoms with E-state index in [-0.39, 0.29) is 21.6 Å². The monoisotopic (exact) mass is 530 g/mol. The summed E-state index contributed by atoms with van der Waals surface area (Å²) in [4.78, 5) is 1.22. The minimum atomic E-state index is -2.06. The molecule has 1 aliphatic rings. The number of rotatable bonds is 8. The highest BCUT2D eigenvalue weighted by Gasteiger charge is 2.55. The molecule has 3 nitrogen and oxygen atoms in total. The zero-order chi connectivity index (χ0) is 26.1. The topological polar surface area (TPSA) is 27.7 Å². The first-order chi connectivity index (χ1) is 16.1. The molecule has 3 rings (SSSR count). The van der Waals surface area contributed by atoms with E-state index in [1.807, 2.05) is 0 Å². The Balaban J connectivity index is 2.04. The number of thioether (sulfide) groups is 1. The molecule has 2 aromatic carbocycles. The zero-order valence-corrected chi connectivity index (χ0v) is 26.3. The van der Waals surface area contributed by atoms with Crippen LogP contribution in [0.5, 0.6) is 0 Å². The maximum Gasteiger partial charge on any atom is 0.192 e. The van der Waals surface area contributed by atoms with Gasteiger partial charge in [0.2, 0.25) is 0 Å². The van der Waals surface area contributed by atoms with Crippen molar-refractivity contribution in [2.24, 2.45) is 0 Å².